The minimum absolute atomic E-state index is 0.0803. The molecule has 0 bridgehead atoms. The van der Waals surface area contributed by atoms with E-state index < -0.39 is 0 Å². The van der Waals surface area contributed by atoms with Crippen molar-refractivity contribution >= 4 is 17.2 Å². The number of thiophene rings is 1. The SMILES string of the molecule is O=C(CC(c1ccccc1)c1ccccc1)NC[C@H](c1cccs1)[NH+]1CCCC1. The fraction of sp³-hybridized carbons (Fsp3) is 0.320. The molecule has 29 heavy (non-hydrogen) atoms. The summed E-state index contributed by atoms with van der Waals surface area (Å²) in [6.45, 7) is 3.12. The molecular weight excluding hydrogens is 376 g/mol. The van der Waals surface area contributed by atoms with Gasteiger partial charge in [0.1, 0.15) is 6.04 Å². The number of hydrogen-bond acceptors (Lipinski definition) is 2. The van der Waals surface area contributed by atoms with Gasteiger partial charge < -0.3 is 10.2 Å². The largest absolute Gasteiger partial charge is 0.350 e. The first kappa shape index (κ1) is 19.9. The molecule has 1 saturated heterocycles. The van der Waals surface area contributed by atoms with Gasteiger partial charge in [0.2, 0.25) is 5.91 Å². The van der Waals surface area contributed by atoms with Crippen LogP contribution in [-0.2, 0) is 4.79 Å². The maximum atomic E-state index is 13.0. The Morgan fingerprint density at radius 1 is 0.897 bits per heavy atom. The molecule has 1 aliphatic heterocycles. The Bertz CT molecular complexity index is 834. The van der Waals surface area contributed by atoms with Crippen LogP contribution in [-0.4, -0.2) is 25.5 Å². The maximum absolute atomic E-state index is 13.0. The summed E-state index contributed by atoms with van der Waals surface area (Å²) in [5.74, 6) is 0.208. The second kappa shape index (κ2) is 9.86. The van der Waals surface area contributed by atoms with Crippen molar-refractivity contribution in [2.45, 2.75) is 31.2 Å². The van der Waals surface area contributed by atoms with Gasteiger partial charge in [0.15, 0.2) is 0 Å². The van der Waals surface area contributed by atoms with Gasteiger partial charge >= 0.3 is 0 Å². The lowest BCUT2D eigenvalue weighted by Crippen LogP contribution is -3.11. The number of rotatable bonds is 8. The topological polar surface area (TPSA) is 33.5 Å². The lowest BCUT2D eigenvalue weighted by molar-refractivity contribution is -0.918. The highest BCUT2D eigenvalue weighted by atomic mass is 32.1. The van der Waals surface area contributed by atoms with Crippen LogP contribution in [0.3, 0.4) is 0 Å². The number of carbonyl (C=O) groups is 1. The summed E-state index contributed by atoms with van der Waals surface area (Å²) in [6, 6.07) is 25.4. The molecule has 0 aliphatic carbocycles. The maximum Gasteiger partial charge on any atom is 0.221 e. The van der Waals surface area contributed by atoms with Crippen LogP contribution in [0.15, 0.2) is 78.2 Å². The summed E-state index contributed by atoms with van der Waals surface area (Å²) in [7, 11) is 0. The first-order valence-corrected chi connectivity index (χ1v) is 11.4. The zero-order valence-corrected chi connectivity index (χ0v) is 17.5. The quantitative estimate of drug-likeness (QED) is 0.587. The Labute approximate surface area is 177 Å². The molecule has 1 atom stereocenters. The van der Waals surface area contributed by atoms with Crippen molar-refractivity contribution in [1.29, 1.82) is 0 Å². The van der Waals surface area contributed by atoms with Crippen LogP contribution in [0, 0.1) is 0 Å². The van der Waals surface area contributed by atoms with Gasteiger partial charge in [0.25, 0.3) is 0 Å². The summed E-state index contributed by atoms with van der Waals surface area (Å²) < 4.78 is 0. The van der Waals surface area contributed by atoms with Crippen LogP contribution in [0.25, 0.3) is 0 Å². The normalized spacial score (nSPS) is 15.5. The number of carbonyl (C=O) groups excluding carboxylic acids is 1. The fourth-order valence-corrected chi connectivity index (χ4v) is 5.27. The number of amides is 1. The molecule has 0 saturated carbocycles. The smallest absolute Gasteiger partial charge is 0.221 e. The molecular formula is C25H29N2OS+. The van der Waals surface area contributed by atoms with Gasteiger partial charge in [-0.25, -0.2) is 0 Å². The summed E-state index contributed by atoms with van der Waals surface area (Å²) >= 11 is 1.81. The average molecular weight is 406 g/mol. The van der Waals surface area contributed by atoms with Gasteiger partial charge in [-0.3, -0.25) is 4.79 Å². The van der Waals surface area contributed by atoms with Crippen molar-refractivity contribution in [3.63, 3.8) is 0 Å². The van der Waals surface area contributed by atoms with Gasteiger partial charge in [-0.05, 0) is 22.6 Å². The molecule has 1 amide bonds. The lowest BCUT2D eigenvalue weighted by Gasteiger charge is -2.24. The van der Waals surface area contributed by atoms with E-state index in [1.807, 2.05) is 36.4 Å². The first-order valence-electron chi connectivity index (χ1n) is 10.6. The molecule has 150 valence electrons. The number of benzene rings is 2. The third kappa shape index (κ3) is 5.14. The monoisotopic (exact) mass is 405 g/mol. The lowest BCUT2D eigenvalue weighted by atomic mass is 9.88. The number of likely N-dealkylation sites (tertiary alicyclic amines) is 1. The Kier molecular flexibility index (Phi) is 6.75. The molecule has 0 unspecified atom stereocenters. The number of nitrogens with one attached hydrogen (secondary N) is 2. The van der Waals surface area contributed by atoms with Gasteiger partial charge in [-0.15, -0.1) is 11.3 Å². The zero-order valence-electron chi connectivity index (χ0n) is 16.7. The molecule has 0 radical (unpaired) electrons. The van der Waals surface area contributed by atoms with E-state index in [2.05, 4.69) is 47.1 Å². The summed E-state index contributed by atoms with van der Waals surface area (Å²) in [5.41, 5.74) is 2.38. The molecule has 2 heterocycles. The summed E-state index contributed by atoms with van der Waals surface area (Å²) in [6.07, 6.45) is 3.05. The molecule has 3 nitrogen and oxygen atoms in total. The minimum Gasteiger partial charge on any atom is -0.350 e. The second-order valence-corrected chi connectivity index (χ2v) is 8.79. The van der Waals surface area contributed by atoms with Crippen LogP contribution in [0.1, 0.15) is 47.2 Å². The predicted molar refractivity (Wildman–Crippen MR) is 119 cm³/mol. The second-order valence-electron chi connectivity index (χ2n) is 7.82. The molecule has 0 spiro atoms. The Morgan fingerprint density at radius 3 is 2.07 bits per heavy atom. The van der Waals surface area contributed by atoms with Gasteiger partial charge in [-0.2, -0.15) is 0 Å². The molecule has 2 aromatic carbocycles. The third-order valence-electron chi connectivity index (χ3n) is 5.92. The molecule has 3 aromatic rings. The van der Waals surface area contributed by atoms with Crippen molar-refractivity contribution in [1.82, 2.24) is 5.32 Å². The van der Waals surface area contributed by atoms with Crippen molar-refractivity contribution in [3.8, 4) is 0 Å². The van der Waals surface area contributed by atoms with Crippen molar-refractivity contribution in [3.05, 3.63) is 94.2 Å². The van der Waals surface area contributed by atoms with Crippen LogP contribution >= 0.6 is 11.3 Å². The van der Waals surface area contributed by atoms with Crippen LogP contribution in [0.4, 0.5) is 0 Å². The van der Waals surface area contributed by atoms with E-state index in [0.29, 0.717) is 19.0 Å². The van der Waals surface area contributed by atoms with Crippen molar-refractivity contribution in [2.75, 3.05) is 19.6 Å². The van der Waals surface area contributed by atoms with Crippen LogP contribution in [0.5, 0.6) is 0 Å². The van der Waals surface area contributed by atoms with E-state index in [1.165, 1.54) is 41.9 Å². The molecule has 4 heteroatoms. The third-order valence-corrected chi connectivity index (χ3v) is 6.91. The fourth-order valence-electron chi connectivity index (χ4n) is 4.39. The standard InChI is InChI=1S/C25H28N2OS/c28-25(26-19-23(24-14-9-17-29-24)27-15-7-8-16-27)18-22(20-10-3-1-4-11-20)21-12-5-2-6-13-21/h1-6,9-14,17,22-23H,7-8,15-16,18-19H2,(H,26,28)/p+1/t23-/m1/s1. The molecule has 2 N–H and O–H groups in total. The highest BCUT2D eigenvalue weighted by Gasteiger charge is 2.29. The number of quaternary nitrogens is 1. The Balaban J connectivity index is 1.45. The summed E-state index contributed by atoms with van der Waals surface area (Å²) in [4.78, 5) is 16.0. The molecule has 1 aliphatic rings. The van der Waals surface area contributed by atoms with E-state index in [4.69, 9.17) is 0 Å². The van der Waals surface area contributed by atoms with E-state index in [0.717, 1.165) is 0 Å². The highest BCUT2D eigenvalue weighted by molar-refractivity contribution is 7.10. The van der Waals surface area contributed by atoms with Gasteiger partial charge in [0, 0.05) is 25.2 Å². The molecule has 4 rings (SSSR count). The van der Waals surface area contributed by atoms with Gasteiger partial charge in [-0.1, -0.05) is 66.7 Å². The van der Waals surface area contributed by atoms with E-state index >= 15 is 0 Å². The highest BCUT2D eigenvalue weighted by Crippen LogP contribution is 2.28. The summed E-state index contributed by atoms with van der Waals surface area (Å²) in [5, 5.41) is 5.40. The Morgan fingerprint density at radius 2 is 1.52 bits per heavy atom. The molecule has 1 fully saturated rings. The first-order chi connectivity index (χ1) is 14.3. The van der Waals surface area contributed by atoms with Crippen LogP contribution in [0.2, 0.25) is 0 Å². The minimum atomic E-state index is 0.0803. The van der Waals surface area contributed by atoms with Crippen molar-refractivity contribution < 1.29 is 9.69 Å². The van der Waals surface area contributed by atoms with E-state index in [9.17, 15) is 4.79 Å². The van der Waals surface area contributed by atoms with Gasteiger partial charge in [0.05, 0.1) is 24.5 Å². The molecule has 1 aromatic heterocycles. The predicted octanol–water partition coefficient (Wildman–Crippen LogP) is 3.81. The number of hydrogen-bond donors (Lipinski definition) is 2. The van der Waals surface area contributed by atoms with Crippen LogP contribution < -0.4 is 10.2 Å². The zero-order chi connectivity index (χ0) is 19.9. The van der Waals surface area contributed by atoms with E-state index in [1.54, 1.807) is 16.2 Å². The van der Waals surface area contributed by atoms with Crippen molar-refractivity contribution in [2.24, 2.45) is 0 Å². The average Bonchev–Trinajstić information content (AvgIpc) is 3.48. The van der Waals surface area contributed by atoms with E-state index in [-0.39, 0.29) is 11.8 Å². The Hall–Kier alpha value is -2.43.